The zero-order chi connectivity index (χ0) is 14.5. The molecule has 19 heavy (non-hydrogen) atoms. The number of hydrogen-bond donors (Lipinski definition) is 2. The SMILES string of the molecule is Cc1cc(C)cc(OCC(O)CNCC(C)(C)C)c1. The van der Waals surface area contributed by atoms with Crippen LogP contribution in [0.25, 0.3) is 0 Å². The first-order valence-corrected chi connectivity index (χ1v) is 6.86. The average Bonchev–Trinajstić information content (AvgIpc) is 2.23. The Hall–Kier alpha value is -1.06. The Morgan fingerprint density at radius 1 is 1.16 bits per heavy atom. The lowest BCUT2D eigenvalue weighted by Gasteiger charge is -2.20. The van der Waals surface area contributed by atoms with E-state index in [1.165, 1.54) is 11.1 Å². The summed E-state index contributed by atoms with van der Waals surface area (Å²) in [5.74, 6) is 0.826. The van der Waals surface area contributed by atoms with Gasteiger partial charge in [0.05, 0.1) is 0 Å². The topological polar surface area (TPSA) is 41.5 Å². The van der Waals surface area contributed by atoms with Gasteiger partial charge in [-0.1, -0.05) is 26.8 Å². The van der Waals surface area contributed by atoms with Crippen LogP contribution in [0.1, 0.15) is 31.9 Å². The van der Waals surface area contributed by atoms with Gasteiger partial charge in [-0.2, -0.15) is 0 Å². The molecule has 1 rings (SSSR count). The van der Waals surface area contributed by atoms with Gasteiger partial charge in [0.1, 0.15) is 18.5 Å². The predicted molar refractivity (Wildman–Crippen MR) is 79.7 cm³/mol. The lowest BCUT2D eigenvalue weighted by molar-refractivity contribution is 0.104. The molecule has 108 valence electrons. The molecule has 0 radical (unpaired) electrons. The zero-order valence-corrected chi connectivity index (χ0v) is 12.8. The van der Waals surface area contributed by atoms with Gasteiger partial charge < -0.3 is 15.2 Å². The van der Waals surface area contributed by atoms with Crippen LogP contribution in [0.4, 0.5) is 0 Å². The molecule has 1 unspecified atom stereocenters. The molecule has 0 fully saturated rings. The standard InChI is InChI=1S/C16H27NO2/c1-12-6-13(2)8-15(7-12)19-10-14(18)9-17-11-16(3,4)5/h6-8,14,17-18H,9-11H2,1-5H3. The van der Waals surface area contributed by atoms with E-state index in [0.29, 0.717) is 13.2 Å². The van der Waals surface area contributed by atoms with E-state index in [1.807, 2.05) is 26.0 Å². The van der Waals surface area contributed by atoms with Gasteiger partial charge in [-0.25, -0.2) is 0 Å². The van der Waals surface area contributed by atoms with Crippen LogP contribution in [0, 0.1) is 19.3 Å². The van der Waals surface area contributed by atoms with Crippen LogP contribution in [0.2, 0.25) is 0 Å². The molecule has 1 atom stereocenters. The molecule has 0 aliphatic heterocycles. The van der Waals surface area contributed by atoms with E-state index >= 15 is 0 Å². The van der Waals surface area contributed by atoms with E-state index in [1.54, 1.807) is 0 Å². The number of aliphatic hydroxyl groups is 1. The number of rotatable bonds is 6. The number of nitrogens with one attached hydrogen (secondary N) is 1. The molecule has 0 aliphatic rings. The highest BCUT2D eigenvalue weighted by Gasteiger charge is 2.11. The molecule has 1 aromatic rings. The van der Waals surface area contributed by atoms with Crippen LogP contribution in [0.15, 0.2) is 18.2 Å². The Labute approximate surface area is 117 Å². The summed E-state index contributed by atoms with van der Waals surface area (Å²) < 4.78 is 5.62. The van der Waals surface area contributed by atoms with Crippen molar-refractivity contribution in [2.75, 3.05) is 19.7 Å². The van der Waals surface area contributed by atoms with Gasteiger partial charge >= 0.3 is 0 Å². The minimum absolute atomic E-state index is 0.230. The summed E-state index contributed by atoms with van der Waals surface area (Å²) in [5.41, 5.74) is 2.58. The molecule has 0 aromatic heterocycles. The van der Waals surface area contributed by atoms with Crippen LogP contribution in [-0.4, -0.2) is 30.9 Å². The van der Waals surface area contributed by atoms with Crippen LogP contribution in [0.5, 0.6) is 5.75 Å². The predicted octanol–water partition coefficient (Wildman–Crippen LogP) is 2.68. The van der Waals surface area contributed by atoms with Gasteiger partial charge in [0.15, 0.2) is 0 Å². The van der Waals surface area contributed by atoms with E-state index in [2.05, 4.69) is 32.2 Å². The summed E-state index contributed by atoms with van der Waals surface area (Å²) in [6.45, 7) is 12.3. The van der Waals surface area contributed by atoms with E-state index in [0.717, 1.165) is 12.3 Å². The molecule has 0 bridgehead atoms. The summed E-state index contributed by atoms with van der Waals surface area (Å²) in [5, 5.41) is 13.1. The minimum Gasteiger partial charge on any atom is -0.491 e. The smallest absolute Gasteiger partial charge is 0.119 e. The fourth-order valence-electron chi connectivity index (χ4n) is 1.88. The average molecular weight is 265 g/mol. The van der Waals surface area contributed by atoms with Crippen molar-refractivity contribution in [3.05, 3.63) is 29.3 Å². The number of benzene rings is 1. The Balaban J connectivity index is 2.31. The van der Waals surface area contributed by atoms with Crippen LogP contribution in [0.3, 0.4) is 0 Å². The van der Waals surface area contributed by atoms with Gasteiger partial charge in [0, 0.05) is 13.1 Å². The largest absolute Gasteiger partial charge is 0.491 e. The molecular weight excluding hydrogens is 238 g/mol. The van der Waals surface area contributed by atoms with E-state index in [9.17, 15) is 5.11 Å². The Bertz CT molecular complexity index is 376. The summed E-state index contributed by atoms with van der Waals surface area (Å²) in [6.07, 6.45) is -0.483. The van der Waals surface area contributed by atoms with Gasteiger partial charge in [-0.05, 0) is 42.5 Å². The molecule has 0 saturated carbocycles. The maximum atomic E-state index is 9.86. The molecule has 2 N–H and O–H groups in total. The van der Waals surface area contributed by atoms with Gasteiger partial charge in [-0.3, -0.25) is 0 Å². The normalized spacial score (nSPS) is 13.4. The van der Waals surface area contributed by atoms with Gasteiger partial charge in [0.2, 0.25) is 0 Å². The Morgan fingerprint density at radius 3 is 2.26 bits per heavy atom. The molecule has 0 saturated heterocycles. The third-order valence-corrected chi connectivity index (χ3v) is 2.67. The monoisotopic (exact) mass is 265 g/mol. The van der Waals surface area contributed by atoms with Crippen molar-refractivity contribution in [1.29, 1.82) is 0 Å². The molecule has 1 aromatic carbocycles. The second kappa shape index (κ2) is 6.92. The van der Waals surface area contributed by atoms with Crippen molar-refractivity contribution in [3.8, 4) is 5.75 Å². The number of aryl methyl sites for hydroxylation is 2. The lowest BCUT2D eigenvalue weighted by atomic mass is 9.97. The molecule has 0 heterocycles. The van der Waals surface area contributed by atoms with Crippen LogP contribution in [-0.2, 0) is 0 Å². The molecule has 0 amide bonds. The minimum atomic E-state index is -0.483. The maximum absolute atomic E-state index is 9.86. The third-order valence-electron chi connectivity index (χ3n) is 2.67. The van der Waals surface area contributed by atoms with Crippen molar-refractivity contribution in [2.45, 2.75) is 40.7 Å². The summed E-state index contributed by atoms with van der Waals surface area (Å²) in [6, 6.07) is 6.08. The summed E-state index contributed by atoms with van der Waals surface area (Å²) in [7, 11) is 0. The van der Waals surface area contributed by atoms with Crippen LogP contribution >= 0.6 is 0 Å². The number of aliphatic hydroxyl groups excluding tert-OH is 1. The number of hydrogen-bond acceptors (Lipinski definition) is 3. The Morgan fingerprint density at radius 2 is 1.74 bits per heavy atom. The van der Waals surface area contributed by atoms with Crippen molar-refractivity contribution in [1.82, 2.24) is 5.32 Å². The first kappa shape index (κ1) is 16.0. The first-order chi connectivity index (χ1) is 8.76. The van der Waals surface area contributed by atoms with E-state index < -0.39 is 6.10 Å². The second-order valence-corrected chi connectivity index (χ2v) is 6.48. The number of ether oxygens (including phenoxy) is 1. The quantitative estimate of drug-likeness (QED) is 0.831. The highest BCUT2D eigenvalue weighted by atomic mass is 16.5. The van der Waals surface area contributed by atoms with Gasteiger partial charge in [0.25, 0.3) is 0 Å². The Kier molecular flexibility index (Phi) is 5.83. The van der Waals surface area contributed by atoms with E-state index in [4.69, 9.17) is 4.74 Å². The van der Waals surface area contributed by atoms with Crippen molar-refractivity contribution in [2.24, 2.45) is 5.41 Å². The fourth-order valence-corrected chi connectivity index (χ4v) is 1.88. The molecule has 0 spiro atoms. The summed E-state index contributed by atoms with van der Waals surface area (Å²) in [4.78, 5) is 0. The summed E-state index contributed by atoms with van der Waals surface area (Å²) >= 11 is 0. The van der Waals surface area contributed by atoms with E-state index in [-0.39, 0.29) is 5.41 Å². The molecular formula is C16H27NO2. The third kappa shape index (κ3) is 7.19. The highest BCUT2D eigenvalue weighted by molar-refractivity contribution is 5.32. The molecule has 3 heteroatoms. The van der Waals surface area contributed by atoms with Crippen molar-refractivity contribution in [3.63, 3.8) is 0 Å². The lowest BCUT2D eigenvalue weighted by Crippen LogP contribution is -2.36. The maximum Gasteiger partial charge on any atom is 0.119 e. The fraction of sp³-hybridized carbons (Fsp3) is 0.625. The van der Waals surface area contributed by atoms with Crippen LogP contribution < -0.4 is 10.1 Å². The zero-order valence-electron chi connectivity index (χ0n) is 12.8. The molecule has 3 nitrogen and oxygen atoms in total. The second-order valence-electron chi connectivity index (χ2n) is 6.48. The molecule has 0 aliphatic carbocycles. The van der Waals surface area contributed by atoms with Gasteiger partial charge in [-0.15, -0.1) is 0 Å². The first-order valence-electron chi connectivity index (χ1n) is 6.86. The highest BCUT2D eigenvalue weighted by Crippen LogP contribution is 2.16. The van der Waals surface area contributed by atoms with Crippen molar-refractivity contribution >= 4 is 0 Å². The van der Waals surface area contributed by atoms with Crippen molar-refractivity contribution < 1.29 is 9.84 Å².